The molecule has 1 aromatic rings. The predicted molar refractivity (Wildman–Crippen MR) is 67.8 cm³/mol. The van der Waals surface area contributed by atoms with Gasteiger partial charge in [-0.1, -0.05) is 12.1 Å². The van der Waals surface area contributed by atoms with E-state index in [0.717, 1.165) is 18.8 Å². The smallest absolute Gasteiger partial charge is 0.165 e. The second-order valence-corrected chi connectivity index (χ2v) is 4.56. The first kappa shape index (κ1) is 13.3. The molecular weight excluding hydrogens is 225 g/mol. The molecule has 0 aliphatic rings. The van der Waals surface area contributed by atoms with Gasteiger partial charge in [0, 0.05) is 18.8 Å². The summed E-state index contributed by atoms with van der Waals surface area (Å²) in [7, 11) is 2.04. The van der Waals surface area contributed by atoms with Crippen LogP contribution in [0.1, 0.15) is 0 Å². The monoisotopic (exact) mass is 243 g/mol. The van der Waals surface area contributed by atoms with Crippen molar-refractivity contribution in [3.05, 3.63) is 30.1 Å². The van der Waals surface area contributed by atoms with Crippen molar-refractivity contribution in [1.29, 1.82) is 0 Å². The summed E-state index contributed by atoms with van der Waals surface area (Å²) in [6, 6.07) is 6.49. The Kier molecular flexibility index (Phi) is 6.26. The molecule has 0 aliphatic carbocycles. The van der Waals surface area contributed by atoms with Crippen molar-refractivity contribution in [1.82, 2.24) is 4.90 Å². The minimum atomic E-state index is -0.297. The zero-order valence-electron chi connectivity index (χ0n) is 9.78. The van der Waals surface area contributed by atoms with Gasteiger partial charge < -0.3 is 9.64 Å². The highest BCUT2D eigenvalue weighted by atomic mass is 32.2. The van der Waals surface area contributed by atoms with Gasteiger partial charge in [0.25, 0.3) is 0 Å². The maximum atomic E-state index is 13.2. The average Bonchev–Trinajstić information content (AvgIpc) is 2.29. The van der Waals surface area contributed by atoms with Crippen LogP contribution >= 0.6 is 11.8 Å². The van der Waals surface area contributed by atoms with Crippen LogP contribution in [-0.2, 0) is 0 Å². The number of para-hydroxylation sites is 1. The summed E-state index contributed by atoms with van der Waals surface area (Å²) in [5.74, 6) is 1.14. The average molecular weight is 243 g/mol. The van der Waals surface area contributed by atoms with Gasteiger partial charge in [-0.2, -0.15) is 11.8 Å². The van der Waals surface area contributed by atoms with Crippen LogP contribution in [-0.4, -0.2) is 43.7 Å². The fraction of sp³-hybridized carbons (Fsp3) is 0.500. The summed E-state index contributed by atoms with van der Waals surface area (Å²) < 4.78 is 18.5. The van der Waals surface area contributed by atoms with Gasteiger partial charge in [0.05, 0.1) is 0 Å². The molecule has 0 radical (unpaired) electrons. The zero-order chi connectivity index (χ0) is 11.8. The third-order valence-corrected chi connectivity index (χ3v) is 2.84. The Morgan fingerprint density at radius 2 is 2.06 bits per heavy atom. The molecule has 0 aliphatic heterocycles. The van der Waals surface area contributed by atoms with Crippen LogP contribution in [0.3, 0.4) is 0 Å². The van der Waals surface area contributed by atoms with Gasteiger partial charge in [-0.3, -0.25) is 0 Å². The maximum absolute atomic E-state index is 13.2. The van der Waals surface area contributed by atoms with Gasteiger partial charge >= 0.3 is 0 Å². The van der Waals surface area contributed by atoms with Gasteiger partial charge in [0.2, 0.25) is 0 Å². The highest BCUT2D eigenvalue weighted by molar-refractivity contribution is 7.98. The molecule has 0 saturated heterocycles. The molecule has 16 heavy (non-hydrogen) atoms. The van der Waals surface area contributed by atoms with E-state index in [2.05, 4.69) is 11.2 Å². The number of hydrogen-bond donors (Lipinski definition) is 0. The van der Waals surface area contributed by atoms with Gasteiger partial charge in [-0.15, -0.1) is 0 Å². The second-order valence-electron chi connectivity index (χ2n) is 3.57. The quantitative estimate of drug-likeness (QED) is 0.730. The van der Waals surface area contributed by atoms with E-state index in [1.165, 1.54) is 6.07 Å². The lowest BCUT2D eigenvalue weighted by Crippen LogP contribution is -2.26. The van der Waals surface area contributed by atoms with Crippen LogP contribution < -0.4 is 4.74 Å². The minimum Gasteiger partial charge on any atom is -0.489 e. The summed E-state index contributed by atoms with van der Waals surface area (Å²) >= 11 is 1.82. The maximum Gasteiger partial charge on any atom is 0.165 e. The van der Waals surface area contributed by atoms with Gasteiger partial charge in [-0.05, 0) is 25.4 Å². The van der Waals surface area contributed by atoms with E-state index >= 15 is 0 Å². The molecule has 0 unspecified atom stereocenters. The standard InChI is InChI=1S/C12H18FNOS/c1-14(8-10-16-2)7-9-15-12-6-4-3-5-11(12)13/h3-6H,7-10H2,1-2H3. The summed E-state index contributed by atoms with van der Waals surface area (Å²) in [6.45, 7) is 2.36. The Balaban J connectivity index is 2.23. The Morgan fingerprint density at radius 3 is 2.75 bits per heavy atom. The van der Waals surface area contributed by atoms with Crippen LogP contribution in [0.15, 0.2) is 24.3 Å². The topological polar surface area (TPSA) is 12.5 Å². The molecule has 90 valence electrons. The molecule has 0 spiro atoms. The van der Waals surface area contributed by atoms with E-state index in [0.29, 0.717) is 12.4 Å². The SMILES string of the molecule is CSCCN(C)CCOc1ccccc1F. The summed E-state index contributed by atoms with van der Waals surface area (Å²) in [5.41, 5.74) is 0. The second kappa shape index (κ2) is 7.52. The number of thioether (sulfide) groups is 1. The molecule has 0 atom stereocenters. The summed E-state index contributed by atoms with van der Waals surface area (Å²) in [5, 5.41) is 0. The molecule has 0 fully saturated rings. The van der Waals surface area contributed by atoms with Crippen LogP contribution in [0.25, 0.3) is 0 Å². The minimum absolute atomic E-state index is 0.297. The van der Waals surface area contributed by atoms with E-state index in [1.54, 1.807) is 18.2 Å². The van der Waals surface area contributed by atoms with Crippen molar-refractivity contribution < 1.29 is 9.13 Å². The van der Waals surface area contributed by atoms with Crippen molar-refractivity contribution in [2.75, 3.05) is 38.8 Å². The lowest BCUT2D eigenvalue weighted by Gasteiger charge is -2.16. The van der Waals surface area contributed by atoms with Gasteiger partial charge in [0.15, 0.2) is 11.6 Å². The van der Waals surface area contributed by atoms with E-state index < -0.39 is 0 Å². The molecule has 4 heteroatoms. The fourth-order valence-corrected chi connectivity index (χ4v) is 1.73. The largest absolute Gasteiger partial charge is 0.489 e. The van der Waals surface area contributed by atoms with Crippen LogP contribution in [0, 0.1) is 5.82 Å². The lowest BCUT2D eigenvalue weighted by molar-refractivity contribution is 0.237. The molecule has 0 amide bonds. The first-order valence-corrected chi connectivity index (χ1v) is 6.68. The molecular formula is C12H18FNOS. The Bertz CT molecular complexity index is 309. The summed E-state index contributed by atoms with van der Waals surface area (Å²) in [4.78, 5) is 2.18. The lowest BCUT2D eigenvalue weighted by atomic mass is 10.3. The van der Waals surface area contributed by atoms with E-state index in [4.69, 9.17) is 4.74 Å². The number of ether oxygens (including phenoxy) is 1. The Morgan fingerprint density at radius 1 is 1.31 bits per heavy atom. The van der Waals surface area contributed by atoms with Gasteiger partial charge in [-0.25, -0.2) is 4.39 Å². The van der Waals surface area contributed by atoms with E-state index in [-0.39, 0.29) is 5.82 Å². The first-order valence-electron chi connectivity index (χ1n) is 5.29. The van der Waals surface area contributed by atoms with Crippen molar-refractivity contribution in [3.63, 3.8) is 0 Å². The number of rotatable bonds is 7. The first-order chi connectivity index (χ1) is 7.74. The molecule has 1 aromatic carbocycles. The summed E-state index contributed by atoms with van der Waals surface area (Å²) in [6.07, 6.45) is 2.09. The molecule has 0 heterocycles. The number of benzene rings is 1. The van der Waals surface area contributed by atoms with Crippen molar-refractivity contribution in [3.8, 4) is 5.75 Å². The fourth-order valence-electron chi connectivity index (χ4n) is 1.23. The zero-order valence-corrected chi connectivity index (χ0v) is 10.6. The van der Waals surface area contributed by atoms with Crippen LogP contribution in [0.4, 0.5) is 4.39 Å². The van der Waals surface area contributed by atoms with Crippen molar-refractivity contribution in [2.45, 2.75) is 0 Å². The highest BCUT2D eigenvalue weighted by Gasteiger charge is 2.02. The molecule has 2 nitrogen and oxygen atoms in total. The third-order valence-electron chi connectivity index (χ3n) is 2.24. The Labute approximate surface area is 101 Å². The molecule has 0 aromatic heterocycles. The predicted octanol–water partition coefficient (Wildman–Crippen LogP) is 2.50. The highest BCUT2D eigenvalue weighted by Crippen LogP contribution is 2.14. The van der Waals surface area contributed by atoms with Crippen LogP contribution in [0.2, 0.25) is 0 Å². The van der Waals surface area contributed by atoms with E-state index in [9.17, 15) is 4.39 Å². The third kappa shape index (κ3) is 4.86. The Hall–Kier alpha value is -0.740. The van der Waals surface area contributed by atoms with Gasteiger partial charge in [0.1, 0.15) is 6.61 Å². The number of likely N-dealkylation sites (N-methyl/N-ethyl adjacent to an activating group) is 1. The van der Waals surface area contributed by atoms with Crippen molar-refractivity contribution in [2.24, 2.45) is 0 Å². The van der Waals surface area contributed by atoms with Crippen LogP contribution in [0.5, 0.6) is 5.75 Å². The van der Waals surface area contributed by atoms with E-state index in [1.807, 2.05) is 18.8 Å². The number of halogens is 1. The number of nitrogens with zero attached hydrogens (tertiary/aromatic N) is 1. The molecule has 0 saturated carbocycles. The molecule has 1 rings (SSSR count). The molecule has 0 N–H and O–H groups in total. The normalized spacial score (nSPS) is 10.8. The molecule has 0 bridgehead atoms. The van der Waals surface area contributed by atoms with Crippen molar-refractivity contribution >= 4 is 11.8 Å². The number of hydrogen-bond acceptors (Lipinski definition) is 3.